The van der Waals surface area contributed by atoms with Crippen molar-refractivity contribution in [2.24, 2.45) is 0 Å². The molecule has 0 saturated heterocycles. The van der Waals surface area contributed by atoms with E-state index in [4.69, 9.17) is 5.73 Å². The molecule has 17 heavy (non-hydrogen) atoms. The van der Waals surface area contributed by atoms with Crippen molar-refractivity contribution in [2.45, 2.75) is 0 Å². The van der Waals surface area contributed by atoms with Gasteiger partial charge in [0.15, 0.2) is 0 Å². The first-order valence-electron chi connectivity index (χ1n) is 4.93. The van der Waals surface area contributed by atoms with Crippen molar-refractivity contribution in [1.82, 2.24) is 4.98 Å². The van der Waals surface area contributed by atoms with Gasteiger partial charge in [-0.3, -0.25) is 9.78 Å². The van der Waals surface area contributed by atoms with Crippen molar-refractivity contribution in [3.05, 3.63) is 52.8 Å². The first-order valence-corrected chi connectivity index (χ1v) is 5.72. The number of anilines is 2. The molecular formula is C12H10BrN3O. The standard InChI is InChI=1S/C12H10BrN3O/c13-10-2-1-9(14)7-11(10)16-12(17)8-3-5-15-6-4-8/h1-7H,14H2,(H,16,17). The Morgan fingerprint density at radius 1 is 1.24 bits per heavy atom. The van der Waals surface area contributed by atoms with E-state index in [0.29, 0.717) is 16.9 Å². The van der Waals surface area contributed by atoms with Crippen LogP contribution >= 0.6 is 15.9 Å². The smallest absolute Gasteiger partial charge is 0.255 e. The highest BCUT2D eigenvalue weighted by Crippen LogP contribution is 2.25. The molecule has 0 aliphatic heterocycles. The molecule has 0 aliphatic carbocycles. The van der Waals surface area contributed by atoms with Gasteiger partial charge in [0, 0.05) is 28.1 Å². The Labute approximate surface area is 107 Å². The summed E-state index contributed by atoms with van der Waals surface area (Å²) in [6, 6.07) is 8.54. The largest absolute Gasteiger partial charge is 0.399 e. The summed E-state index contributed by atoms with van der Waals surface area (Å²) in [5.41, 5.74) is 7.45. The second kappa shape index (κ2) is 4.97. The molecule has 0 unspecified atom stereocenters. The maximum absolute atomic E-state index is 11.9. The molecule has 2 aromatic rings. The van der Waals surface area contributed by atoms with Gasteiger partial charge < -0.3 is 11.1 Å². The van der Waals surface area contributed by atoms with Gasteiger partial charge in [0.05, 0.1) is 5.69 Å². The number of nitrogens with one attached hydrogen (secondary N) is 1. The van der Waals surface area contributed by atoms with Crippen molar-refractivity contribution < 1.29 is 4.79 Å². The van der Waals surface area contributed by atoms with Gasteiger partial charge in [-0.25, -0.2) is 0 Å². The fourth-order valence-corrected chi connectivity index (χ4v) is 1.68. The number of halogens is 1. The van der Waals surface area contributed by atoms with E-state index in [1.165, 1.54) is 0 Å². The van der Waals surface area contributed by atoms with Gasteiger partial charge in [0.25, 0.3) is 5.91 Å². The maximum Gasteiger partial charge on any atom is 0.255 e. The summed E-state index contributed by atoms with van der Waals surface area (Å²) in [5.74, 6) is -0.196. The molecule has 0 bridgehead atoms. The predicted octanol–water partition coefficient (Wildman–Crippen LogP) is 2.68. The van der Waals surface area contributed by atoms with E-state index in [1.54, 1.807) is 42.7 Å². The molecule has 0 saturated carbocycles. The van der Waals surface area contributed by atoms with Gasteiger partial charge in [-0.1, -0.05) is 0 Å². The van der Waals surface area contributed by atoms with E-state index in [0.717, 1.165) is 4.47 Å². The van der Waals surface area contributed by atoms with Gasteiger partial charge >= 0.3 is 0 Å². The highest BCUT2D eigenvalue weighted by molar-refractivity contribution is 9.10. The number of carbonyl (C=O) groups is 1. The molecule has 1 amide bonds. The quantitative estimate of drug-likeness (QED) is 0.836. The first-order chi connectivity index (χ1) is 8.16. The lowest BCUT2D eigenvalue weighted by molar-refractivity contribution is 0.102. The zero-order chi connectivity index (χ0) is 12.3. The second-order valence-electron chi connectivity index (χ2n) is 3.43. The number of benzene rings is 1. The molecule has 1 aromatic carbocycles. The van der Waals surface area contributed by atoms with Gasteiger partial charge in [0.2, 0.25) is 0 Å². The molecule has 1 heterocycles. The molecule has 5 heteroatoms. The Kier molecular flexibility index (Phi) is 3.39. The van der Waals surface area contributed by atoms with Crippen LogP contribution in [0, 0.1) is 0 Å². The predicted molar refractivity (Wildman–Crippen MR) is 70.7 cm³/mol. The highest BCUT2D eigenvalue weighted by Gasteiger charge is 2.07. The third-order valence-corrected chi connectivity index (χ3v) is 2.87. The van der Waals surface area contributed by atoms with E-state index >= 15 is 0 Å². The third-order valence-electron chi connectivity index (χ3n) is 2.18. The van der Waals surface area contributed by atoms with Crippen molar-refractivity contribution in [3.63, 3.8) is 0 Å². The van der Waals surface area contributed by atoms with Crippen LogP contribution in [0.3, 0.4) is 0 Å². The molecule has 0 radical (unpaired) electrons. The van der Waals surface area contributed by atoms with Crippen LogP contribution in [-0.4, -0.2) is 10.9 Å². The lowest BCUT2D eigenvalue weighted by Gasteiger charge is -2.08. The minimum Gasteiger partial charge on any atom is -0.399 e. The first kappa shape index (κ1) is 11.6. The molecule has 86 valence electrons. The van der Waals surface area contributed by atoms with Gasteiger partial charge in [-0.15, -0.1) is 0 Å². The zero-order valence-electron chi connectivity index (χ0n) is 8.85. The number of nitrogen functional groups attached to an aromatic ring is 1. The van der Waals surface area contributed by atoms with Crippen LogP contribution < -0.4 is 11.1 Å². The normalized spacial score (nSPS) is 9.94. The highest BCUT2D eigenvalue weighted by atomic mass is 79.9. The Morgan fingerprint density at radius 2 is 1.94 bits per heavy atom. The summed E-state index contributed by atoms with van der Waals surface area (Å²) in [6.07, 6.45) is 3.15. The fraction of sp³-hybridized carbons (Fsp3) is 0. The zero-order valence-corrected chi connectivity index (χ0v) is 10.4. The van der Waals surface area contributed by atoms with Crippen LogP contribution in [0.4, 0.5) is 11.4 Å². The molecular weight excluding hydrogens is 282 g/mol. The van der Waals surface area contributed by atoms with Crippen LogP contribution in [-0.2, 0) is 0 Å². The van der Waals surface area contributed by atoms with Crippen LogP contribution in [0.1, 0.15) is 10.4 Å². The summed E-state index contributed by atoms with van der Waals surface area (Å²) in [5, 5.41) is 2.77. The Balaban J connectivity index is 2.22. The van der Waals surface area contributed by atoms with E-state index in [9.17, 15) is 4.79 Å². The number of pyridine rings is 1. The summed E-state index contributed by atoms with van der Waals surface area (Å²) in [4.78, 5) is 15.7. The number of hydrogen-bond donors (Lipinski definition) is 2. The molecule has 0 aliphatic rings. The number of aromatic nitrogens is 1. The summed E-state index contributed by atoms with van der Waals surface area (Å²) in [6.45, 7) is 0. The molecule has 0 atom stereocenters. The number of rotatable bonds is 2. The van der Waals surface area contributed by atoms with E-state index in [1.807, 2.05) is 0 Å². The minimum atomic E-state index is -0.196. The number of nitrogens with two attached hydrogens (primary N) is 1. The Morgan fingerprint density at radius 3 is 2.65 bits per heavy atom. The van der Waals surface area contributed by atoms with Crippen molar-refractivity contribution in [2.75, 3.05) is 11.1 Å². The third kappa shape index (κ3) is 2.82. The maximum atomic E-state index is 11.9. The Bertz CT molecular complexity index is 543. The molecule has 4 nitrogen and oxygen atoms in total. The van der Waals surface area contributed by atoms with Gasteiger partial charge in [-0.2, -0.15) is 0 Å². The van der Waals surface area contributed by atoms with Crippen molar-refractivity contribution in [3.8, 4) is 0 Å². The Hall–Kier alpha value is -1.88. The molecule has 1 aromatic heterocycles. The summed E-state index contributed by atoms with van der Waals surface area (Å²) >= 11 is 3.35. The van der Waals surface area contributed by atoms with Gasteiger partial charge in [0.1, 0.15) is 0 Å². The lowest BCUT2D eigenvalue weighted by Crippen LogP contribution is -2.12. The van der Waals surface area contributed by atoms with Crippen molar-refractivity contribution >= 4 is 33.2 Å². The number of nitrogens with zero attached hydrogens (tertiary/aromatic N) is 1. The minimum absolute atomic E-state index is 0.196. The van der Waals surface area contributed by atoms with Crippen molar-refractivity contribution in [1.29, 1.82) is 0 Å². The van der Waals surface area contributed by atoms with E-state index in [2.05, 4.69) is 26.2 Å². The second-order valence-corrected chi connectivity index (χ2v) is 4.28. The average Bonchev–Trinajstić information content (AvgIpc) is 2.35. The van der Waals surface area contributed by atoms with E-state index < -0.39 is 0 Å². The SMILES string of the molecule is Nc1ccc(Br)c(NC(=O)c2ccncc2)c1. The average molecular weight is 292 g/mol. The molecule has 0 spiro atoms. The van der Waals surface area contributed by atoms with Crippen LogP contribution in [0.25, 0.3) is 0 Å². The summed E-state index contributed by atoms with van der Waals surface area (Å²) < 4.78 is 0.786. The number of carbonyl (C=O) groups excluding carboxylic acids is 1. The number of hydrogen-bond acceptors (Lipinski definition) is 3. The van der Waals surface area contributed by atoms with Gasteiger partial charge in [-0.05, 0) is 46.3 Å². The molecule has 3 N–H and O–H groups in total. The summed E-state index contributed by atoms with van der Waals surface area (Å²) in [7, 11) is 0. The fourth-order valence-electron chi connectivity index (χ4n) is 1.34. The van der Waals surface area contributed by atoms with Crippen LogP contribution in [0.5, 0.6) is 0 Å². The van der Waals surface area contributed by atoms with Crippen LogP contribution in [0.2, 0.25) is 0 Å². The van der Waals surface area contributed by atoms with Crippen LogP contribution in [0.15, 0.2) is 47.2 Å². The lowest BCUT2D eigenvalue weighted by atomic mass is 10.2. The molecule has 2 rings (SSSR count). The number of amides is 1. The monoisotopic (exact) mass is 291 g/mol. The molecule has 0 fully saturated rings. The topological polar surface area (TPSA) is 68.0 Å². The van der Waals surface area contributed by atoms with E-state index in [-0.39, 0.29) is 5.91 Å².